The Bertz CT molecular complexity index is 306. The molecule has 0 spiro atoms. The fourth-order valence-corrected chi connectivity index (χ4v) is 4.78. The number of rotatable bonds is 5. The van der Waals surface area contributed by atoms with Crippen molar-refractivity contribution in [3.8, 4) is 0 Å². The van der Waals surface area contributed by atoms with Crippen molar-refractivity contribution in [3.05, 3.63) is 0 Å². The van der Waals surface area contributed by atoms with E-state index in [9.17, 15) is 8.42 Å². The third-order valence-electron chi connectivity index (χ3n) is 2.97. The molecule has 0 aromatic rings. The van der Waals surface area contributed by atoms with Crippen LogP contribution in [0, 0.1) is 0 Å². The minimum atomic E-state index is -3.08. The molecule has 1 heterocycles. The lowest BCUT2D eigenvalue weighted by Gasteiger charge is -2.36. The predicted molar refractivity (Wildman–Crippen MR) is 70.4 cm³/mol. The maximum absolute atomic E-state index is 12.1. The summed E-state index contributed by atoms with van der Waals surface area (Å²) in [5, 5.41) is 3.45. The number of sulfonamides is 1. The van der Waals surface area contributed by atoms with E-state index in [-0.39, 0.29) is 11.8 Å². The van der Waals surface area contributed by atoms with Crippen LogP contribution in [-0.4, -0.2) is 55.2 Å². The Morgan fingerprint density at radius 1 is 1.44 bits per heavy atom. The van der Waals surface area contributed by atoms with E-state index in [0.717, 1.165) is 12.3 Å². The van der Waals surface area contributed by atoms with Gasteiger partial charge in [-0.1, -0.05) is 13.8 Å². The highest BCUT2D eigenvalue weighted by Gasteiger charge is 2.33. The first-order valence-electron chi connectivity index (χ1n) is 5.81. The molecule has 6 heteroatoms. The SMILES string of the molecule is CCNCCS(=O)(=O)N1CCSC(C)C1C. The molecule has 2 unspecified atom stereocenters. The maximum atomic E-state index is 12.1. The van der Waals surface area contributed by atoms with Gasteiger partial charge in [0.05, 0.1) is 5.75 Å². The van der Waals surface area contributed by atoms with Gasteiger partial charge in [-0.05, 0) is 13.5 Å². The van der Waals surface area contributed by atoms with E-state index in [1.807, 2.05) is 25.6 Å². The molecule has 0 bridgehead atoms. The molecule has 4 nitrogen and oxygen atoms in total. The van der Waals surface area contributed by atoms with Gasteiger partial charge in [-0.15, -0.1) is 0 Å². The zero-order valence-corrected chi connectivity index (χ0v) is 11.9. The Labute approximate surface area is 103 Å². The van der Waals surface area contributed by atoms with Crippen molar-refractivity contribution in [1.82, 2.24) is 9.62 Å². The lowest BCUT2D eigenvalue weighted by Crippen LogP contribution is -2.49. The topological polar surface area (TPSA) is 49.4 Å². The first-order valence-corrected chi connectivity index (χ1v) is 8.46. The Morgan fingerprint density at radius 3 is 2.75 bits per heavy atom. The molecule has 1 N–H and O–H groups in total. The number of nitrogens with zero attached hydrogens (tertiary/aromatic N) is 1. The van der Waals surface area contributed by atoms with Gasteiger partial charge in [0, 0.05) is 30.1 Å². The summed E-state index contributed by atoms with van der Waals surface area (Å²) in [6.07, 6.45) is 0. The highest BCUT2D eigenvalue weighted by Crippen LogP contribution is 2.26. The van der Waals surface area contributed by atoms with Gasteiger partial charge in [0.2, 0.25) is 10.0 Å². The summed E-state index contributed by atoms with van der Waals surface area (Å²) < 4.78 is 25.9. The largest absolute Gasteiger partial charge is 0.316 e. The Hall–Kier alpha value is 0.220. The molecule has 16 heavy (non-hydrogen) atoms. The first kappa shape index (κ1) is 14.3. The van der Waals surface area contributed by atoms with Crippen molar-refractivity contribution in [2.75, 3.05) is 31.1 Å². The van der Waals surface area contributed by atoms with E-state index in [1.54, 1.807) is 4.31 Å². The summed E-state index contributed by atoms with van der Waals surface area (Å²) in [5.41, 5.74) is 0. The maximum Gasteiger partial charge on any atom is 0.215 e. The van der Waals surface area contributed by atoms with Crippen molar-refractivity contribution in [2.45, 2.75) is 32.1 Å². The molecule has 96 valence electrons. The Morgan fingerprint density at radius 2 is 2.12 bits per heavy atom. The highest BCUT2D eigenvalue weighted by atomic mass is 32.2. The Balaban J connectivity index is 2.59. The van der Waals surface area contributed by atoms with Crippen LogP contribution in [0.3, 0.4) is 0 Å². The molecular weight excluding hydrogens is 244 g/mol. The molecule has 0 aromatic heterocycles. The van der Waals surface area contributed by atoms with Gasteiger partial charge in [0.1, 0.15) is 0 Å². The van der Waals surface area contributed by atoms with Crippen molar-refractivity contribution in [3.63, 3.8) is 0 Å². The molecule has 0 saturated carbocycles. The molecule has 0 aliphatic carbocycles. The highest BCUT2D eigenvalue weighted by molar-refractivity contribution is 8.00. The average molecular weight is 266 g/mol. The van der Waals surface area contributed by atoms with Crippen molar-refractivity contribution < 1.29 is 8.42 Å². The molecule has 0 aromatic carbocycles. The van der Waals surface area contributed by atoms with E-state index in [1.165, 1.54) is 0 Å². The first-order chi connectivity index (χ1) is 7.49. The summed E-state index contributed by atoms with van der Waals surface area (Å²) in [6.45, 7) is 8.10. The van der Waals surface area contributed by atoms with Crippen LogP contribution in [0.5, 0.6) is 0 Å². The van der Waals surface area contributed by atoms with Crippen molar-refractivity contribution in [2.24, 2.45) is 0 Å². The van der Waals surface area contributed by atoms with Crippen molar-refractivity contribution in [1.29, 1.82) is 0 Å². The standard InChI is InChI=1S/C10H22N2O2S2/c1-4-11-5-8-16(13,14)12-6-7-15-10(3)9(12)2/h9-11H,4-8H2,1-3H3. The zero-order valence-electron chi connectivity index (χ0n) is 10.3. The molecule has 1 aliphatic heterocycles. The van der Waals surface area contributed by atoms with Crippen molar-refractivity contribution >= 4 is 21.8 Å². The van der Waals surface area contributed by atoms with Crippen LogP contribution in [-0.2, 0) is 10.0 Å². The molecule has 1 rings (SSSR count). The lowest BCUT2D eigenvalue weighted by atomic mass is 10.2. The lowest BCUT2D eigenvalue weighted by molar-refractivity contribution is 0.340. The van der Waals surface area contributed by atoms with Gasteiger partial charge in [0.15, 0.2) is 0 Å². The van der Waals surface area contributed by atoms with Gasteiger partial charge >= 0.3 is 0 Å². The minimum Gasteiger partial charge on any atom is -0.316 e. The van der Waals surface area contributed by atoms with Gasteiger partial charge < -0.3 is 5.32 Å². The molecule has 0 radical (unpaired) electrons. The van der Waals surface area contributed by atoms with E-state index in [0.29, 0.717) is 18.3 Å². The molecule has 0 amide bonds. The molecular formula is C10H22N2O2S2. The van der Waals surface area contributed by atoms with Gasteiger partial charge in [0.25, 0.3) is 0 Å². The molecule has 1 aliphatic rings. The third kappa shape index (κ3) is 3.61. The summed E-state index contributed by atoms with van der Waals surface area (Å²) in [4.78, 5) is 0. The average Bonchev–Trinajstić information content (AvgIpc) is 2.22. The number of hydrogen-bond acceptors (Lipinski definition) is 4. The van der Waals surface area contributed by atoms with Crippen LogP contribution >= 0.6 is 11.8 Å². The van der Waals surface area contributed by atoms with Gasteiger partial charge in [-0.2, -0.15) is 16.1 Å². The normalized spacial score (nSPS) is 28.2. The van der Waals surface area contributed by atoms with Crippen LogP contribution in [0.25, 0.3) is 0 Å². The van der Waals surface area contributed by atoms with E-state index in [4.69, 9.17) is 0 Å². The third-order valence-corrected chi connectivity index (χ3v) is 6.26. The summed E-state index contributed by atoms with van der Waals surface area (Å²) >= 11 is 1.85. The second-order valence-electron chi connectivity index (χ2n) is 4.10. The van der Waals surface area contributed by atoms with Gasteiger partial charge in [-0.3, -0.25) is 0 Å². The van der Waals surface area contributed by atoms with Crippen LogP contribution in [0.1, 0.15) is 20.8 Å². The minimum absolute atomic E-state index is 0.116. The van der Waals surface area contributed by atoms with Crippen LogP contribution in [0.4, 0.5) is 0 Å². The van der Waals surface area contributed by atoms with Crippen LogP contribution < -0.4 is 5.32 Å². The smallest absolute Gasteiger partial charge is 0.215 e. The number of nitrogens with one attached hydrogen (secondary N) is 1. The summed E-state index contributed by atoms with van der Waals surface area (Å²) in [7, 11) is -3.08. The predicted octanol–water partition coefficient (Wildman–Crippen LogP) is 0.752. The number of hydrogen-bond donors (Lipinski definition) is 1. The van der Waals surface area contributed by atoms with E-state index >= 15 is 0 Å². The quantitative estimate of drug-likeness (QED) is 0.746. The summed E-state index contributed by atoms with van der Waals surface area (Å²) in [5.74, 6) is 1.12. The van der Waals surface area contributed by atoms with Crippen LogP contribution in [0.2, 0.25) is 0 Å². The van der Waals surface area contributed by atoms with Gasteiger partial charge in [-0.25, -0.2) is 8.42 Å². The Kier molecular flexibility index (Phi) is 5.56. The van der Waals surface area contributed by atoms with E-state index < -0.39 is 10.0 Å². The molecule has 1 saturated heterocycles. The number of thioether (sulfide) groups is 1. The monoisotopic (exact) mass is 266 g/mol. The van der Waals surface area contributed by atoms with Crippen LogP contribution in [0.15, 0.2) is 0 Å². The second kappa shape index (κ2) is 6.23. The molecule has 2 atom stereocenters. The van der Waals surface area contributed by atoms with E-state index in [2.05, 4.69) is 12.2 Å². The fraction of sp³-hybridized carbons (Fsp3) is 1.00. The zero-order chi connectivity index (χ0) is 12.2. The fourth-order valence-electron chi connectivity index (χ4n) is 1.79. The second-order valence-corrected chi connectivity index (χ2v) is 7.62. The molecule has 1 fully saturated rings. The summed E-state index contributed by atoms with van der Waals surface area (Å²) in [6, 6.07) is 0.116.